The number of aromatic nitrogens is 1. The number of sulfonamides is 1. The Hall–Kier alpha value is -2.43. The fourth-order valence-corrected chi connectivity index (χ4v) is 6.42. The van der Waals surface area contributed by atoms with Crippen molar-refractivity contribution >= 4 is 26.5 Å². The number of alkyl halides is 3. The molecule has 1 fully saturated rings. The number of rotatable bonds is 5. The maximum atomic E-state index is 13.3. The number of piperazine rings is 1. The lowest BCUT2D eigenvalue weighted by Gasteiger charge is -2.34. The first kappa shape index (κ1) is 23.7. The summed E-state index contributed by atoms with van der Waals surface area (Å²) in [6, 6.07) is 10.5. The van der Waals surface area contributed by atoms with Gasteiger partial charge in [-0.1, -0.05) is 30.3 Å². The van der Waals surface area contributed by atoms with Crippen LogP contribution in [0.5, 0.6) is 0 Å². The number of hydrogen-bond donors (Lipinski definition) is 0. The molecule has 0 N–H and O–H groups in total. The summed E-state index contributed by atoms with van der Waals surface area (Å²) in [4.78, 5) is 6.01. The van der Waals surface area contributed by atoms with Gasteiger partial charge < -0.3 is 4.90 Å². The van der Waals surface area contributed by atoms with E-state index < -0.39 is 26.7 Å². The van der Waals surface area contributed by atoms with Crippen LogP contribution in [0.15, 0.2) is 52.7 Å². The number of nitrogens with zero attached hydrogens (tertiary/aromatic N) is 3. The van der Waals surface area contributed by atoms with Crippen molar-refractivity contribution in [1.82, 2.24) is 9.29 Å². The second kappa shape index (κ2) is 9.08. The minimum absolute atomic E-state index is 0.0976. The normalized spacial score (nSPS) is 15.7. The van der Waals surface area contributed by atoms with Gasteiger partial charge in [-0.2, -0.15) is 17.5 Å². The van der Waals surface area contributed by atoms with E-state index in [0.717, 1.165) is 27.3 Å². The molecule has 1 aliphatic rings. The average molecular weight is 496 g/mol. The van der Waals surface area contributed by atoms with Crippen LogP contribution in [0.3, 0.4) is 0 Å². The van der Waals surface area contributed by atoms with E-state index in [1.54, 1.807) is 0 Å². The highest BCUT2D eigenvalue weighted by molar-refractivity contribution is 7.89. The van der Waals surface area contributed by atoms with Gasteiger partial charge in [-0.05, 0) is 42.7 Å². The van der Waals surface area contributed by atoms with Crippen molar-refractivity contribution in [2.75, 3.05) is 31.1 Å². The topological polar surface area (TPSA) is 53.5 Å². The lowest BCUT2D eigenvalue weighted by Crippen LogP contribution is -2.49. The lowest BCUT2D eigenvalue weighted by molar-refractivity contribution is -0.139. The molecule has 0 radical (unpaired) electrons. The molecule has 0 saturated carbocycles. The molecule has 4 rings (SSSR count). The first-order valence-corrected chi connectivity index (χ1v) is 12.8. The van der Waals surface area contributed by atoms with Crippen LogP contribution >= 0.6 is 11.3 Å². The molecule has 10 heteroatoms. The Morgan fingerprint density at radius 1 is 1.00 bits per heavy atom. The second-order valence-electron chi connectivity index (χ2n) is 8.04. The second-order valence-corrected chi connectivity index (χ2v) is 10.8. The third-order valence-electron chi connectivity index (χ3n) is 5.95. The highest BCUT2D eigenvalue weighted by atomic mass is 32.2. The molecular weight excluding hydrogens is 471 g/mol. The Balaban J connectivity index is 1.45. The molecule has 1 aromatic heterocycles. The number of thiazole rings is 1. The highest BCUT2D eigenvalue weighted by Gasteiger charge is 2.39. The molecule has 2 heterocycles. The van der Waals surface area contributed by atoms with Crippen LogP contribution in [0.25, 0.3) is 0 Å². The number of anilines is 1. The van der Waals surface area contributed by atoms with E-state index in [1.165, 1.54) is 40.2 Å². The number of aryl methyl sites for hydroxylation is 1. The molecule has 5 nitrogen and oxygen atoms in total. The molecule has 0 unspecified atom stereocenters. The first-order valence-electron chi connectivity index (χ1n) is 10.5. The van der Waals surface area contributed by atoms with Crippen molar-refractivity contribution in [3.05, 3.63) is 75.8 Å². The van der Waals surface area contributed by atoms with Gasteiger partial charge in [-0.3, -0.25) is 0 Å². The van der Waals surface area contributed by atoms with E-state index in [0.29, 0.717) is 19.5 Å². The van der Waals surface area contributed by atoms with Crippen LogP contribution in [0.1, 0.15) is 27.9 Å². The largest absolute Gasteiger partial charge is 0.417 e. The van der Waals surface area contributed by atoms with Crippen molar-refractivity contribution in [3.8, 4) is 0 Å². The standard InChI is InChI=1S/C23H24F3N3O2S2/c1-16-6-5-7-18(17(16)2)14-19-15-32-22(27-19)28-10-12-29(13-11-28)33(30,31)21-9-4-3-8-20(21)23(24,25)26/h3-9,15H,10-14H2,1-2H3. The molecule has 0 amide bonds. The van der Waals surface area contributed by atoms with E-state index in [4.69, 9.17) is 4.98 Å². The van der Waals surface area contributed by atoms with Gasteiger partial charge >= 0.3 is 6.18 Å². The molecule has 2 aromatic carbocycles. The van der Waals surface area contributed by atoms with Crippen LogP contribution < -0.4 is 4.90 Å². The SMILES string of the molecule is Cc1cccc(Cc2csc(N3CCN(S(=O)(=O)c4ccccc4C(F)(F)F)CC3)n2)c1C. The predicted octanol–water partition coefficient (Wildman–Crippen LogP) is 4.88. The summed E-state index contributed by atoms with van der Waals surface area (Å²) in [5.74, 6) is 0. The molecule has 0 spiro atoms. The maximum absolute atomic E-state index is 13.3. The molecule has 1 aliphatic heterocycles. The van der Waals surface area contributed by atoms with Crippen molar-refractivity contribution < 1.29 is 21.6 Å². The minimum atomic E-state index is -4.74. The van der Waals surface area contributed by atoms with Crippen LogP contribution in [0.2, 0.25) is 0 Å². The van der Waals surface area contributed by atoms with Crippen LogP contribution in [-0.2, 0) is 22.6 Å². The van der Waals surface area contributed by atoms with Crippen molar-refractivity contribution in [2.45, 2.75) is 31.3 Å². The molecule has 3 aromatic rings. The Kier molecular flexibility index (Phi) is 6.52. The number of hydrogen-bond acceptors (Lipinski definition) is 5. The van der Waals surface area contributed by atoms with Crippen molar-refractivity contribution in [1.29, 1.82) is 0 Å². The van der Waals surface area contributed by atoms with E-state index in [1.807, 2.05) is 16.3 Å². The van der Waals surface area contributed by atoms with E-state index >= 15 is 0 Å². The lowest BCUT2D eigenvalue weighted by atomic mass is 10.0. The van der Waals surface area contributed by atoms with Gasteiger partial charge in [0, 0.05) is 38.0 Å². The third-order valence-corrected chi connectivity index (χ3v) is 8.85. The fourth-order valence-electron chi connectivity index (χ4n) is 3.91. The molecule has 0 aliphatic carbocycles. The smallest absolute Gasteiger partial charge is 0.345 e. The fraction of sp³-hybridized carbons (Fsp3) is 0.348. The molecular formula is C23H24F3N3O2S2. The molecule has 0 bridgehead atoms. The summed E-state index contributed by atoms with van der Waals surface area (Å²) in [6.07, 6.45) is -4.02. The summed E-state index contributed by atoms with van der Waals surface area (Å²) < 4.78 is 67.1. The van der Waals surface area contributed by atoms with Gasteiger partial charge in [0.15, 0.2) is 5.13 Å². The van der Waals surface area contributed by atoms with Crippen LogP contribution in [0.4, 0.5) is 18.3 Å². The summed E-state index contributed by atoms with van der Waals surface area (Å²) in [6.45, 7) is 5.09. The van der Waals surface area contributed by atoms with Crippen LogP contribution in [-0.4, -0.2) is 43.9 Å². The average Bonchev–Trinajstić information content (AvgIpc) is 3.25. The zero-order chi connectivity index (χ0) is 23.8. The van der Waals surface area contributed by atoms with E-state index in [2.05, 4.69) is 26.0 Å². The third kappa shape index (κ3) is 4.92. The minimum Gasteiger partial charge on any atom is -0.345 e. The Bertz CT molecular complexity index is 1250. The quantitative estimate of drug-likeness (QED) is 0.506. The van der Waals surface area contributed by atoms with Gasteiger partial charge in [-0.15, -0.1) is 11.3 Å². The summed E-state index contributed by atoms with van der Waals surface area (Å²) in [7, 11) is -4.26. The zero-order valence-corrected chi connectivity index (χ0v) is 19.9. The molecule has 1 saturated heterocycles. The van der Waals surface area contributed by atoms with E-state index in [-0.39, 0.29) is 13.1 Å². The molecule has 176 valence electrons. The Morgan fingerprint density at radius 3 is 2.39 bits per heavy atom. The number of halogens is 3. The van der Waals surface area contributed by atoms with E-state index in [9.17, 15) is 21.6 Å². The van der Waals surface area contributed by atoms with Crippen LogP contribution in [0, 0.1) is 13.8 Å². The van der Waals surface area contributed by atoms with Gasteiger partial charge in [-0.25, -0.2) is 13.4 Å². The van der Waals surface area contributed by atoms with Gasteiger partial charge in [0.1, 0.15) is 0 Å². The Morgan fingerprint density at radius 2 is 1.70 bits per heavy atom. The van der Waals surface area contributed by atoms with Crippen molar-refractivity contribution in [3.63, 3.8) is 0 Å². The summed E-state index contributed by atoms with van der Waals surface area (Å²) >= 11 is 1.49. The first-order chi connectivity index (χ1) is 15.6. The predicted molar refractivity (Wildman–Crippen MR) is 123 cm³/mol. The number of benzene rings is 2. The van der Waals surface area contributed by atoms with Gasteiger partial charge in [0.05, 0.1) is 16.2 Å². The molecule has 0 atom stereocenters. The maximum Gasteiger partial charge on any atom is 0.417 e. The summed E-state index contributed by atoms with van der Waals surface area (Å²) in [5.41, 5.74) is 3.49. The summed E-state index contributed by atoms with van der Waals surface area (Å²) in [5, 5.41) is 2.79. The Labute approximate surface area is 195 Å². The highest BCUT2D eigenvalue weighted by Crippen LogP contribution is 2.35. The molecule has 33 heavy (non-hydrogen) atoms. The van der Waals surface area contributed by atoms with Gasteiger partial charge in [0.2, 0.25) is 10.0 Å². The zero-order valence-electron chi connectivity index (χ0n) is 18.3. The van der Waals surface area contributed by atoms with Crippen molar-refractivity contribution in [2.24, 2.45) is 0 Å². The monoisotopic (exact) mass is 495 g/mol. The van der Waals surface area contributed by atoms with Gasteiger partial charge in [0.25, 0.3) is 0 Å².